The minimum atomic E-state index is -0.140. The van der Waals surface area contributed by atoms with E-state index in [9.17, 15) is 4.39 Å². The molecule has 1 nitrogen and oxygen atoms in total. The van der Waals surface area contributed by atoms with Crippen LogP contribution in [0, 0.1) is 18.7 Å². The summed E-state index contributed by atoms with van der Waals surface area (Å²) in [6, 6.07) is 5.61. The van der Waals surface area contributed by atoms with Gasteiger partial charge in [-0.3, -0.25) is 0 Å². The average molecular weight is 251 g/mol. The highest BCUT2D eigenvalue weighted by atomic mass is 19.1. The van der Waals surface area contributed by atoms with E-state index < -0.39 is 0 Å². The molecule has 0 aliphatic carbocycles. The van der Waals surface area contributed by atoms with Crippen LogP contribution in [0.3, 0.4) is 0 Å². The predicted octanol–water partition coefficient (Wildman–Crippen LogP) is 4.09. The number of aryl methyl sites for hydroxylation is 1. The fraction of sp³-hybridized carbons (Fsp3) is 0.625. The van der Waals surface area contributed by atoms with Crippen LogP contribution < -0.4 is 5.32 Å². The highest BCUT2D eigenvalue weighted by Crippen LogP contribution is 2.16. The summed E-state index contributed by atoms with van der Waals surface area (Å²) in [6.45, 7) is 9.63. The molecule has 102 valence electrons. The second-order valence-electron chi connectivity index (χ2n) is 5.50. The Morgan fingerprint density at radius 3 is 2.50 bits per heavy atom. The fourth-order valence-electron chi connectivity index (χ4n) is 2.25. The molecule has 0 aliphatic rings. The molecular weight excluding hydrogens is 225 g/mol. The van der Waals surface area contributed by atoms with E-state index in [0.717, 1.165) is 24.4 Å². The van der Waals surface area contributed by atoms with E-state index in [2.05, 4.69) is 26.1 Å². The second kappa shape index (κ2) is 7.52. The molecule has 0 aromatic heterocycles. The highest BCUT2D eigenvalue weighted by molar-refractivity contribution is 5.27. The molecule has 0 saturated carbocycles. The molecule has 0 spiro atoms. The van der Waals surface area contributed by atoms with E-state index in [-0.39, 0.29) is 5.82 Å². The number of halogens is 1. The van der Waals surface area contributed by atoms with E-state index in [1.807, 2.05) is 13.0 Å². The predicted molar refractivity (Wildman–Crippen MR) is 76.4 cm³/mol. The van der Waals surface area contributed by atoms with Gasteiger partial charge in [-0.15, -0.1) is 0 Å². The Bertz CT molecular complexity index is 360. The van der Waals surface area contributed by atoms with Crippen LogP contribution in [0.1, 0.15) is 44.7 Å². The maximum atomic E-state index is 13.1. The lowest BCUT2D eigenvalue weighted by atomic mass is 9.95. The smallest absolute Gasteiger partial charge is 0.123 e. The normalized spacial score (nSPS) is 13.0. The van der Waals surface area contributed by atoms with E-state index in [0.29, 0.717) is 6.04 Å². The molecule has 2 heteroatoms. The topological polar surface area (TPSA) is 12.0 Å². The first-order valence-corrected chi connectivity index (χ1v) is 7.01. The van der Waals surface area contributed by atoms with Crippen molar-refractivity contribution < 1.29 is 4.39 Å². The van der Waals surface area contributed by atoms with E-state index in [4.69, 9.17) is 0 Å². The molecule has 1 atom stereocenters. The van der Waals surface area contributed by atoms with Crippen LogP contribution in [0.2, 0.25) is 0 Å². The lowest BCUT2D eigenvalue weighted by molar-refractivity contribution is 0.434. The Labute approximate surface area is 111 Å². The zero-order valence-electron chi connectivity index (χ0n) is 12.1. The van der Waals surface area contributed by atoms with Crippen LogP contribution in [0.15, 0.2) is 18.2 Å². The van der Waals surface area contributed by atoms with Gasteiger partial charge in [0.25, 0.3) is 0 Å². The minimum Gasteiger partial charge on any atom is -0.314 e. The van der Waals surface area contributed by atoms with Crippen molar-refractivity contribution in [2.24, 2.45) is 5.92 Å². The Morgan fingerprint density at radius 2 is 1.94 bits per heavy atom. The number of benzene rings is 1. The van der Waals surface area contributed by atoms with Crippen LogP contribution in [-0.2, 0) is 6.42 Å². The van der Waals surface area contributed by atoms with Crippen molar-refractivity contribution in [2.45, 2.75) is 53.0 Å². The summed E-state index contributed by atoms with van der Waals surface area (Å²) < 4.78 is 13.1. The van der Waals surface area contributed by atoms with Gasteiger partial charge in [-0.25, -0.2) is 4.39 Å². The summed E-state index contributed by atoms with van der Waals surface area (Å²) in [5, 5.41) is 3.53. The van der Waals surface area contributed by atoms with Gasteiger partial charge in [0.1, 0.15) is 5.82 Å². The Kier molecular flexibility index (Phi) is 6.34. The largest absolute Gasteiger partial charge is 0.314 e. The summed E-state index contributed by atoms with van der Waals surface area (Å²) in [7, 11) is 0. The Balaban J connectivity index is 2.64. The summed E-state index contributed by atoms with van der Waals surface area (Å²) in [5.74, 6) is 0.596. The second-order valence-corrected chi connectivity index (χ2v) is 5.50. The van der Waals surface area contributed by atoms with Gasteiger partial charge in [0, 0.05) is 6.04 Å². The van der Waals surface area contributed by atoms with Gasteiger partial charge in [-0.05, 0) is 61.9 Å². The lowest BCUT2D eigenvalue weighted by Gasteiger charge is -2.20. The van der Waals surface area contributed by atoms with Crippen LogP contribution in [-0.4, -0.2) is 12.6 Å². The van der Waals surface area contributed by atoms with Crippen molar-refractivity contribution in [1.82, 2.24) is 5.32 Å². The van der Waals surface area contributed by atoms with Crippen molar-refractivity contribution in [2.75, 3.05) is 6.54 Å². The lowest BCUT2D eigenvalue weighted by Crippen LogP contribution is -2.31. The quantitative estimate of drug-likeness (QED) is 0.769. The van der Waals surface area contributed by atoms with Gasteiger partial charge in [-0.1, -0.05) is 26.8 Å². The number of hydrogen-bond acceptors (Lipinski definition) is 1. The molecule has 0 radical (unpaired) electrons. The highest BCUT2D eigenvalue weighted by Gasteiger charge is 2.11. The zero-order valence-corrected chi connectivity index (χ0v) is 12.1. The molecule has 1 rings (SSSR count). The zero-order chi connectivity index (χ0) is 13.5. The molecule has 18 heavy (non-hydrogen) atoms. The molecule has 0 bridgehead atoms. The standard InChI is InChI=1S/C16H26FN/c1-5-18-16(9-6-12(2)3)11-14-7-8-15(17)10-13(14)4/h7-8,10,12,16,18H,5-6,9,11H2,1-4H3. The van der Waals surface area contributed by atoms with Gasteiger partial charge in [0.15, 0.2) is 0 Å². The Morgan fingerprint density at radius 1 is 1.22 bits per heavy atom. The molecule has 1 unspecified atom stereocenters. The maximum absolute atomic E-state index is 13.1. The monoisotopic (exact) mass is 251 g/mol. The molecular formula is C16H26FN. The van der Waals surface area contributed by atoms with E-state index >= 15 is 0 Å². The first kappa shape index (κ1) is 15.2. The molecule has 0 fully saturated rings. The summed E-state index contributed by atoms with van der Waals surface area (Å²) in [5.41, 5.74) is 2.31. The van der Waals surface area contributed by atoms with Crippen molar-refractivity contribution in [3.8, 4) is 0 Å². The molecule has 0 heterocycles. The molecule has 0 saturated heterocycles. The van der Waals surface area contributed by atoms with Crippen LogP contribution in [0.4, 0.5) is 4.39 Å². The summed E-state index contributed by atoms with van der Waals surface area (Å²) in [4.78, 5) is 0. The van der Waals surface area contributed by atoms with Gasteiger partial charge in [0.05, 0.1) is 0 Å². The average Bonchev–Trinajstić information content (AvgIpc) is 2.29. The van der Waals surface area contributed by atoms with Crippen molar-refractivity contribution >= 4 is 0 Å². The summed E-state index contributed by atoms with van der Waals surface area (Å²) >= 11 is 0. The third kappa shape index (κ3) is 5.18. The fourth-order valence-corrected chi connectivity index (χ4v) is 2.25. The first-order valence-electron chi connectivity index (χ1n) is 7.01. The molecule has 1 aromatic carbocycles. The van der Waals surface area contributed by atoms with Gasteiger partial charge >= 0.3 is 0 Å². The van der Waals surface area contributed by atoms with Gasteiger partial charge in [0.2, 0.25) is 0 Å². The summed E-state index contributed by atoms with van der Waals surface area (Å²) in [6.07, 6.45) is 3.41. The molecule has 0 aliphatic heterocycles. The minimum absolute atomic E-state index is 0.140. The number of hydrogen-bond donors (Lipinski definition) is 1. The third-order valence-electron chi connectivity index (χ3n) is 3.36. The van der Waals surface area contributed by atoms with E-state index in [1.165, 1.54) is 18.4 Å². The number of nitrogens with one attached hydrogen (secondary N) is 1. The van der Waals surface area contributed by atoms with Crippen LogP contribution in [0.5, 0.6) is 0 Å². The van der Waals surface area contributed by atoms with Gasteiger partial charge < -0.3 is 5.32 Å². The maximum Gasteiger partial charge on any atom is 0.123 e. The SMILES string of the molecule is CCNC(CCC(C)C)Cc1ccc(F)cc1C. The van der Waals surface area contributed by atoms with Crippen molar-refractivity contribution in [3.05, 3.63) is 35.1 Å². The number of likely N-dealkylation sites (N-methyl/N-ethyl adjacent to an activating group) is 1. The van der Waals surface area contributed by atoms with Crippen molar-refractivity contribution in [3.63, 3.8) is 0 Å². The molecule has 0 amide bonds. The van der Waals surface area contributed by atoms with Gasteiger partial charge in [-0.2, -0.15) is 0 Å². The first-order chi connectivity index (χ1) is 8.52. The third-order valence-corrected chi connectivity index (χ3v) is 3.36. The van der Waals surface area contributed by atoms with E-state index in [1.54, 1.807) is 12.1 Å². The van der Waals surface area contributed by atoms with Crippen LogP contribution in [0.25, 0.3) is 0 Å². The number of rotatable bonds is 7. The van der Waals surface area contributed by atoms with Crippen LogP contribution >= 0.6 is 0 Å². The Hall–Kier alpha value is -0.890. The van der Waals surface area contributed by atoms with Crippen molar-refractivity contribution in [1.29, 1.82) is 0 Å². The molecule has 1 aromatic rings. The molecule has 1 N–H and O–H groups in total.